The summed E-state index contributed by atoms with van der Waals surface area (Å²) < 4.78 is 0. The molecule has 0 amide bonds. The molecule has 0 saturated carbocycles. The van der Waals surface area contributed by atoms with E-state index in [1.807, 2.05) is 48.5 Å². The number of carbonyl (C=O) groups is 2. The predicted octanol–water partition coefficient (Wildman–Crippen LogP) is 8.09. The Morgan fingerprint density at radius 1 is 0.444 bits per heavy atom. The van der Waals surface area contributed by atoms with Crippen LogP contribution >= 0.6 is 23.5 Å². The van der Waals surface area contributed by atoms with E-state index in [-0.39, 0.29) is 21.4 Å². The van der Waals surface area contributed by atoms with E-state index in [9.17, 15) is 29.8 Å². The normalized spacial score (nSPS) is 10.6. The quantitative estimate of drug-likeness (QED) is 0.0771. The first-order valence-electron chi connectivity index (χ1n) is 15.9. The van der Waals surface area contributed by atoms with Crippen molar-refractivity contribution in [1.29, 1.82) is 0 Å². The number of fused-ring (bicyclic) bond motifs is 2. The smallest absolute Gasteiger partial charge is 0.287 e. The van der Waals surface area contributed by atoms with E-state index in [2.05, 4.69) is 59.2 Å². The van der Waals surface area contributed by atoms with Crippen LogP contribution in [0.5, 0.6) is 0 Å². The average Bonchev–Trinajstić information content (AvgIpc) is 3.14. The largest absolute Gasteiger partial charge is 0.362 e. The Hall–Kier alpha value is -7.26. The van der Waals surface area contributed by atoms with Gasteiger partial charge in [0.15, 0.2) is 10.2 Å². The SMILES string of the molecule is CC(=O)Sc1ccc2c(c1)C#Cc1cccc(c1)C#Cc1cccc(c1)C#Cc1cc(SC(C)=O)ccc1C#Cc1ccc(c([N+](=O)[O-])c1[N+](=O)[O-])C#C2. The van der Waals surface area contributed by atoms with E-state index < -0.39 is 21.2 Å². The molecule has 0 saturated heterocycles. The lowest BCUT2D eigenvalue weighted by Crippen LogP contribution is -2.02. The van der Waals surface area contributed by atoms with Crippen LogP contribution in [0.2, 0.25) is 0 Å². The topological polar surface area (TPSA) is 120 Å². The van der Waals surface area contributed by atoms with Gasteiger partial charge in [0.25, 0.3) is 0 Å². The molecule has 0 atom stereocenters. The van der Waals surface area contributed by atoms with Crippen LogP contribution in [0.4, 0.5) is 11.4 Å². The summed E-state index contributed by atoms with van der Waals surface area (Å²) in [6.07, 6.45) is 0. The van der Waals surface area contributed by atoms with Crippen LogP contribution < -0.4 is 0 Å². The van der Waals surface area contributed by atoms with Gasteiger partial charge in [-0.1, -0.05) is 94.9 Å². The molecule has 6 bridgehead atoms. The standard InChI is InChI=1S/C44H22N2O6S2/c1-29(47)53-41-23-21-35-15-17-37-19-20-38(44(46(51)52)43(37)45(49)50)18-16-36-22-24-42(54-30(2)48)28-40(36)14-12-34-8-4-6-32(26-34)10-9-31-5-3-7-33(25-31)11-13-39(35)27-41/h3-8,19-28H,1-2H3. The number of nitrogens with zero attached hydrogens (tertiary/aromatic N) is 2. The maximum Gasteiger partial charge on any atom is 0.362 e. The third-order valence-electron chi connectivity index (χ3n) is 7.44. The molecular formula is C44H22N2O6S2. The predicted molar refractivity (Wildman–Crippen MR) is 208 cm³/mol. The number of carbonyl (C=O) groups excluding carboxylic acids is 2. The van der Waals surface area contributed by atoms with Gasteiger partial charge in [-0.15, -0.1) is 0 Å². The van der Waals surface area contributed by atoms with Crippen molar-refractivity contribution in [2.24, 2.45) is 0 Å². The molecule has 0 spiro atoms. The average molecular weight is 739 g/mol. The molecule has 0 heterocycles. The lowest BCUT2D eigenvalue weighted by molar-refractivity contribution is -0.422. The summed E-state index contributed by atoms with van der Waals surface area (Å²) in [6, 6.07) is 27.4. The molecule has 5 aromatic carbocycles. The van der Waals surface area contributed by atoms with Gasteiger partial charge in [0.1, 0.15) is 11.1 Å². The van der Waals surface area contributed by atoms with Crippen LogP contribution in [0, 0.1) is 79.4 Å². The van der Waals surface area contributed by atoms with Crippen molar-refractivity contribution in [3.63, 3.8) is 0 Å². The fourth-order valence-corrected chi connectivity index (χ4v) is 6.41. The molecule has 0 unspecified atom stereocenters. The molecule has 2 aliphatic rings. The third kappa shape index (κ3) is 9.15. The van der Waals surface area contributed by atoms with Crippen LogP contribution in [0.1, 0.15) is 69.5 Å². The first-order chi connectivity index (χ1) is 26.0. The minimum atomic E-state index is -0.848. The number of thioether (sulfide) groups is 2. The van der Waals surface area contributed by atoms with Gasteiger partial charge in [0, 0.05) is 68.1 Å². The number of rotatable bonds is 4. The summed E-state index contributed by atoms with van der Waals surface area (Å²) in [5.41, 5.74) is 2.41. The van der Waals surface area contributed by atoms with Gasteiger partial charge in [-0.05, 0) is 84.9 Å². The Kier molecular flexibility index (Phi) is 11.1. The zero-order valence-electron chi connectivity index (χ0n) is 28.4. The molecule has 256 valence electrons. The second kappa shape index (κ2) is 16.4. The molecule has 2 aliphatic carbocycles. The molecule has 0 N–H and O–H groups in total. The van der Waals surface area contributed by atoms with Crippen LogP contribution in [0.15, 0.2) is 107 Å². The monoisotopic (exact) mass is 738 g/mol. The third-order valence-corrected chi connectivity index (χ3v) is 9.00. The molecule has 0 radical (unpaired) electrons. The molecule has 54 heavy (non-hydrogen) atoms. The highest BCUT2D eigenvalue weighted by Gasteiger charge is 2.31. The molecule has 10 heteroatoms. The number of hydrogen-bond donors (Lipinski definition) is 0. The van der Waals surface area contributed by atoms with E-state index in [1.165, 1.54) is 26.0 Å². The summed E-state index contributed by atoms with van der Waals surface area (Å²) in [4.78, 5) is 48.1. The number of nitro groups is 2. The van der Waals surface area contributed by atoms with Crippen molar-refractivity contribution in [3.05, 3.63) is 173 Å². The second-order valence-corrected chi connectivity index (χ2v) is 13.9. The molecule has 8 nitrogen and oxygen atoms in total. The number of hydrogen-bond acceptors (Lipinski definition) is 8. The molecule has 0 aliphatic heterocycles. The maximum atomic E-state index is 12.4. The van der Waals surface area contributed by atoms with Gasteiger partial charge in [0.05, 0.1) is 9.85 Å². The van der Waals surface area contributed by atoms with Crippen molar-refractivity contribution in [3.8, 4) is 59.2 Å². The van der Waals surface area contributed by atoms with Gasteiger partial charge >= 0.3 is 11.4 Å². The van der Waals surface area contributed by atoms with Crippen LogP contribution in [0.25, 0.3) is 0 Å². The Labute approximate surface area is 319 Å². The fraction of sp³-hybridized carbons (Fsp3) is 0.0455. The fourth-order valence-electron chi connectivity index (χ4n) is 5.12. The van der Waals surface area contributed by atoms with E-state index in [0.717, 1.165) is 23.5 Å². The summed E-state index contributed by atoms with van der Waals surface area (Å²) in [5, 5.41) is 24.5. The van der Waals surface area contributed by atoms with Gasteiger partial charge < -0.3 is 0 Å². The lowest BCUT2D eigenvalue weighted by atomic mass is 10.0. The minimum Gasteiger partial charge on any atom is -0.287 e. The molecule has 0 fully saturated rings. The maximum absolute atomic E-state index is 12.4. The van der Waals surface area contributed by atoms with E-state index >= 15 is 0 Å². The zero-order valence-corrected chi connectivity index (χ0v) is 30.0. The van der Waals surface area contributed by atoms with Crippen LogP contribution in [0.3, 0.4) is 0 Å². The molecular weight excluding hydrogens is 717 g/mol. The lowest BCUT2D eigenvalue weighted by Gasteiger charge is -2.03. The van der Waals surface area contributed by atoms with Crippen molar-refractivity contribution in [1.82, 2.24) is 0 Å². The molecule has 7 rings (SSSR count). The summed E-state index contributed by atoms with van der Waals surface area (Å²) >= 11 is 2.03. The summed E-state index contributed by atoms with van der Waals surface area (Å²) in [5.74, 6) is 30.1. The summed E-state index contributed by atoms with van der Waals surface area (Å²) in [6.45, 7) is 2.88. The van der Waals surface area contributed by atoms with E-state index in [0.29, 0.717) is 54.3 Å². The Bertz CT molecular complexity index is 2600. The van der Waals surface area contributed by atoms with Crippen LogP contribution in [-0.4, -0.2) is 20.1 Å². The first-order valence-corrected chi connectivity index (χ1v) is 17.6. The van der Waals surface area contributed by atoms with E-state index in [1.54, 1.807) is 36.4 Å². The van der Waals surface area contributed by atoms with Crippen molar-refractivity contribution in [2.75, 3.05) is 0 Å². The number of nitro benzene ring substituents is 2. The first kappa shape index (κ1) is 36.5. The highest BCUT2D eigenvalue weighted by atomic mass is 32.2. The van der Waals surface area contributed by atoms with Gasteiger partial charge in [-0.25, -0.2) is 0 Å². The zero-order chi connectivity index (χ0) is 38.2. The van der Waals surface area contributed by atoms with E-state index in [4.69, 9.17) is 0 Å². The van der Waals surface area contributed by atoms with Gasteiger partial charge in [-0.2, -0.15) is 0 Å². The number of benzene rings is 5. The van der Waals surface area contributed by atoms with Crippen molar-refractivity contribution >= 4 is 45.1 Å². The van der Waals surface area contributed by atoms with Gasteiger partial charge in [-0.3, -0.25) is 29.8 Å². The Morgan fingerprint density at radius 2 is 0.759 bits per heavy atom. The van der Waals surface area contributed by atoms with Crippen molar-refractivity contribution in [2.45, 2.75) is 23.6 Å². The Morgan fingerprint density at radius 3 is 1.11 bits per heavy atom. The highest BCUT2D eigenvalue weighted by molar-refractivity contribution is 8.13. The Balaban J connectivity index is 1.61. The molecule has 0 aromatic heterocycles. The van der Waals surface area contributed by atoms with Crippen molar-refractivity contribution < 1.29 is 19.4 Å². The molecule has 5 aromatic rings. The van der Waals surface area contributed by atoms with Crippen LogP contribution in [-0.2, 0) is 9.59 Å². The second-order valence-electron chi connectivity index (χ2n) is 11.4. The van der Waals surface area contributed by atoms with Gasteiger partial charge in [0.2, 0.25) is 0 Å². The summed E-state index contributed by atoms with van der Waals surface area (Å²) in [7, 11) is 0. The highest BCUT2D eigenvalue weighted by Crippen LogP contribution is 2.34. The minimum absolute atomic E-state index is 0.131.